The first-order valence-corrected chi connectivity index (χ1v) is 5.62. The Balaban J connectivity index is 2.10. The molecule has 1 amide bonds. The number of H-pyrrole nitrogens is 2. The highest BCUT2D eigenvalue weighted by atomic mass is 32.1. The third kappa shape index (κ3) is 2.69. The topological polar surface area (TPSA) is 85.9 Å². The van der Waals surface area contributed by atoms with Crippen LogP contribution in [0.25, 0.3) is 0 Å². The molecule has 6 nitrogen and oxygen atoms in total. The molecule has 1 aromatic carbocycles. The van der Waals surface area contributed by atoms with E-state index in [1.807, 2.05) is 30.3 Å². The van der Waals surface area contributed by atoms with Gasteiger partial charge in [-0.2, -0.15) is 10.2 Å². The van der Waals surface area contributed by atoms with Gasteiger partial charge in [-0.05, 0) is 12.5 Å². The minimum absolute atomic E-state index is 0.120. The van der Waals surface area contributed by atoms with Crippen molar-refractivity contribution in [3.8, 4) is 0 Å². The van der Waals surface area contributed by atoms with Crippen molar-refractivity contribution >= 4 is 23.8 Å². The largest absolute Gasteiger partial charge is 0.294 e. The van der Waals surface area contributed by atoms with Crippen LogP contribution in [0.5, 0.6) is 0 Å². The van der Waals surface area contributed by atoms with Crippen molar-refractivity contribution in [2.45, 2.75) is 6.92 Å². The number of nitrogens with zero attached hydrogens (tertiary/aromatic N) is 2. The number of aromatic nitrogens is 3. The number of hydrogen-bond donors (Lipinski definition) is 3. The molecule has 0 fully saturated rings. The first-order valence-electron chi connectivity index (χ1n) is 5.21. The van der Waals surface area contributed by atoms with Gasteiger partial charge in [0.25, 0.3) is 5.91 Å². The van der Waals surface area contributed by atoms with Gasteiger partial charge in [-0.1, -0.05) is 42.5 Å². The van der Waals surface area contributed by atoms with Crippen LogP contribution in [0.1, 0.15) is 23.0 Å². The summed E-state index contributed by atoms with van der Waals surface area (Å²) in [7, 11) is 0. The van der Waals surface area contributed by atoms with Gasteiger partial charge < -0.3 is 0 Å². The van der Waals surface area contributed by atoms with E-state index in [1.54, 1.807) is 6.92 Å². The molecule has 2 aromatic rings. The molecule has 0 saturated heterocycles. The molecule has 0 unspecified atom stereocenters. The van der Waals surface area contributed by atoms with Crippen LogP contribution in [0, 0.1) is 4.64 Å². The number of aromatic amines is 2. The van der Waals surface area contributed by atoms with E-state index in [9.17, 15) is 4.79 Å². The minimum Gasteiger partial charge on any atom is -0.272 e. The summed E-state index contributed by atoms with van der Waals surface area (Å²) in [5, 5.41) is 12.6. The fourth-order valence-corrected chi connectivity index (χ4v) is 1.51. The van der Waals surface area contributed by atoms with Crippen LogP contribution in [0.15, 0.2) is 35.4 Å². The second-order valence-electron chi connectivity index (χ2n) is 3.53. The van der Waals surface area contributed by atoms with Crippen LogP contribution in [0.2, 0.25) is 0 Å². The Bertz CT molecular complexity index is 628. The van der Waals surface area contributed by atoms with E-state index in [0.717, 1.165) is 5.56 Å². The molecular weight excluding hydrogens is 250 g/mol. The standard InChI is InChI=1S/C11H11N5OS/c1-7(8-5-3-2-4-6-8)12-14-10(17)9-11(18)15-16-13-9/h2-6H,1H3,(H,14,17)(H2,13,15,16,18)/b12-7-. The number of nitrogens with one attached hydrogen (secondary N) is 3. The molecule has 0 spiro atoms. The number of benzene rings is 1. The van der Waals surface area contributed by atoms with Crippen molar-refractivity contribution in [2.75, 3.05) is 0 Å². The molecule has 1 heterocycles. The number of carbonyl (C=O) groups is 1. The SMILES string of the molecule is C/C(=N/NC(=O)c1n[nH][nH]c1=S)c1ccccc1. The molecule has 1 aromatic heterocycles. The lowest BCUT2D eigenvalue weighted by Gasteiger charge is -2.00. The van der Waals surface area contributed by atoms with Crippen LogP contribution in [0.4, 0.5) is 0 Å². The van der Waals surface area contributed by atoms with Gasteiger partial charge in [0.05, 0.1) is 5.71 Å². The third-order valence-electron chi connectivity index (χ3n) is 2.28. The summed E-state index contributed by atoms with van der Waals surface area (Å²) in [4.78, 5) is 11.7. The van der Waals surface area contributed by atoms with Gasteiger partial charge in [0.2, 0.25) is 0 Å². The molecule has 3 N–H and O–H groups in total. The molecule has 0 bridgehead atoms. The third-order valence-corrected chi connectivity index (χ3v) is 2.58. The van der Waals surface area contributed by atoms with Gasteiger partial charge in [-0.25, -0.2) is 10.6 Å². The van der Waals surface area contributed by atoms with Crippen molar-refractivity contribution in [2.24, 2.45) is 5.10 Å². The van der Waals surface area contributed by atoms with Crippen molar-refractivity contribution in [1.29, 1.82) is 0 Å². The van der Waals surface area contributed by atoms with Crippen LogP contribution in [-0.4, -0.2) is 27.0 Å². The molecule has 18 heavy (non-hydrogen) atoms. The zero-order valence-corrected chi connectivity index (χ0v) is 10.4. The zero-order valence-electron chi connectivity index (χ0n) is 9.60. The van der Waals surface area contributed by atoms with Gasteiger partial charge in [0.15, 0.2) is 10.3 Å². The van der Waals surface area contributed by atoms with Gasteiger partial charge in [0, 0.05) is 0 Å². The normalized spacial score (nSPS) is 11.3. The van der Waals surface area contributed by atoms with Crippen molar-refractivity contribution in [3.05, 3.63) is 46.2 Å². The molecule has 7 heteroatoms. The summed E-state index contributed by atoms with van der Waals surface area (Å²) in [6.45, 7) is 1.81. The zero-order chi connectivity index (χ0) is 13.0. The molecule has 0 saturated carbocycles. The maximum absolute atomic E-state index is 11.7. The molecule has 0 atom stereocenters. The number of carbonyl (C=O) groups excluding carboxylic acids is 1. The second kappa shape index (κ2) is 5.37. The predicted octanol–water partition coefficient (Wildman–Crippen LogP) is 1.62. The van der Waals surface area contributed by atoms with Crippen LogP contribution in [0.3, 0.4) is 0 Å². The molecule has 2 rings (SSSR count). The van der Waals surface area contributed by atoms with Crippen molar-refractivity contribution in [1.82, 2.24) is 20.8 Å². The second-order valence-corrected chi connectivity index (χ2v) is 3.94. The summed E-state index contributed by atoms with van der Waals surface area (Å²) in [5.74, 6) is -0.451. The monoisotopic (exact) mass is 261 g/mol. The van der Waals surface area contributed by atoms with Crippen LogP contribution >= 0.6 is 12.2 Å². The maximum Gasteiger partial charge on any atom is 0.294 e. The summed E-state index contributed by atoms with van der Waals surface area (Å²) in [6.07, 6.45) is 0. The van der Waals surface area contributed by atoms with E-state index in [1.165, 1.54) is 0 Å². The smallest absolute Gasteiger partial charge is 0.272 e. The minimum atomic E-state index is -0.451. The number of hydrogen-bond acceptors (Lipinski definition) is 4. The van der Waals surface area contributed by atoms with E-state index in [4.69, 9.17) is 12.2 Å². The van der Waals surface area contributed by atoms with Gasteiger partial charge in [0.1, 0.15) is 0 Å². The van der Waals surface area contributed by atoms with Crippen molar-refractivity contribution < 1.29 is 4.79 Å². The Morgan fingerprint density at radius 2 is 2.11 bits per heavy atom. The van der Waals surface area contributed by atoms with Gasteiger partial charge in [-0.3, -0.25) is 9.89 Å². The average Bonchev–Trinajstić information content (AvgIpc) is 2.83. The molecule has 0 radical (unpaired) electrons. The molecule has 92 valence electrons. The fraction of sp³-hybridized carbons (Fsp3) is 0.0909. The Morgan fingerprint density at radius 3 is 2.72 bits per heavy atom. The number of amides is 1. The van der Waals surface area contributed by atoms with E-state index in [0.29, 0.717) is 5.71 Å². The Kier molecular flexibility index (Phi) is 3.63. The summed E-state index contributed by atoms with van der Waals surface area (Å²) >= 11 is 4.88. The molecular formula is C11H11N5OS. The van der Waals surface area contributed by atoms with E-state index in [2.05, 4.69) is 25.9 Å². The highest BCUT2D eigenvalue weighted by Crippen LogP contribution is 2.00. The quantitative estimate of drug-likeness (QED) is 0.446. The fourth-order valence-electron chi connectivity index (χ4n) is 1.33. The Labute approximate surface area is 108 Å². The first kappa shape index (κ1) is 12.2. The van der Waals surface area contributed by atoms with Gasteiger partial charge >= 0.3 is 0 Å². The molecule has 0 aliphatic carbocycles. The lowest BCUT2D eigenvalue weighted by molar-refractivity contribution is 0.0949. The number of rotatable bonds is 3. The van der Waals surface area contributed by atoms with E-state index in [-0.39, 0.29) is 10.3 Å². The van der Waals surface area contributed by atoms with E-state index >= 15 is 0 Å². The highest BCUT2D eigenvalue weighted by molar-refractivity contribution is 7.71. The molecule has 0 aliphatic rings. The van der Waals surface area contributed by atoms with Crippen molar-refractivity contribution in [3.63, 3.8) is 0 Å². The lowest BCUT2D eigenvalue weighted by atomic mass is 10.1. The first-order chi connectivity index (χ1) is 8.68. The Morgan fingerprint density at radius 1 is 1.39 bits per heavy atom. The summed E-state index contributed by atoms with van der Waals surface area (Å²) in [5.41, 5.74) is 4.16. The predicted molar refractivity (Wildman–Crippen MR) is 69.9 cm³/mol. The average molecular weight is 261 g/mol. The highest BCUT2D eigenvalue weighted by Gasteiger charge is 2.09. The Hall–Kier alpha value is -2.28. The summed E-state index contributed by atoms with van der Waals surface area (Å²) in [6, 6.07) is 9.54. The van der Waals surface area contributed by atoms with E-state index < -0.39 is 5.91 Å². The summed E-state index contributed by atoms with van der Waals surface area (Å²) < 4.78 is 0.250. The van der Waals surface area contributed by atoms with Crippen LogP contribution in [-0.2, 0) is 0 Å². The van der Waals surface area contributed by atoms with Crippen LogP contribution < -0.4 is 5.43 Å². The van der Waals surface area contributed by atoms with Gasteiger partial charge in [-0.15, -0.1) is 0 Å². The number of hydrazone groups is 1. The maximum atomic E-state index is 11.7. The molecule has 0 aliphatic heterocycles. The lowest BCUT2D eigenvalue weighted by Crippen LogP contribution is -2.20.